The third-order valence-electron chi connectivity index (χ3n) is 3.84. The number of aliphatic hydroxyl groups is 1. The number of aryl methyl sites for hydroxylation is 1. The van der Waals surface area contributed by atoms with Crippen molar-refractivity contribution in [3.8, 4) is 11.5 Å². The lowest BCUT2D eigenvalue weighted by molar-refractivity contribution is 0.102. The highest BCUT2D eigenvalue weighted by Crippen LogP contribution is 2.29. The first-order valence-electron chi connectivity index (χ1n) is 6.71. The van der Waals surface area contributed by atoms with Gasteiger partial charge in [-0.15, -0.1) is 0 Å². The summed E-state index contributed by atoms with van der Waals surface area (Å²) < 4.78 is 7.05. The molecule has 1 saturated carbocycles. The van der Waals surface area contributed by atoms with Crippen LogP contribution < -0.4 is 0 Å². The van der Waals surface area contributed by atoms with Crippen LogP contribution >= 0.6 is 0 Å². The monoisotopic (exact) mass is 262 g/mol. The van der Waals surface area contributed by atoms with Gasteiger partial charge in [-0.3, -0.25) is 0 Å². The summed E-state index contributed by atoms with van der Waals surface area (Å²) in [7, 11) is 1.88. The Morgan fingerprint density at radius 3 is 2.95 bits per heavy atom. The summed E-state index contributed by atoms with van der Waals surface area (Å²) in [4.78, 5) is 8.35. The number of rotatable bonds is 4. The van der Waals surface area contributed by atoms with Crippen LogP contribution in [0.4, 0.5) is 0 Å². The smallest absolute Gasteiger partial charge is 0.229 e. The van der Waals surface area contributed by atoms with E-state index in [1.165, 1.54) is 12.8 Å². The zero-order chi connectivity index (χ0) is 13.2. The van der Waals surface area contributed by atoms with E-state index in [-0.39, 0.29) is 6.10 Å². The average molecular weight is 262 g/mol. The fourth-order valence-electron chi connectivity index (χ4n) is 2.70. The molecule has 6 heteroatoms. The van der Waals surface area contributed by atoms with Gasteiger partial charge in [0.2, 0.25) is 11.7 Å². The van der Waals surface area contributed by atoms with Gasteiger partial charge in [0.15, 0.2) is 0 Å². The topological polar surface area (TPSA) is 77.0 Å². The van der Waals surface area contributed by atoms with E-state index in [0.717, 1.165) is 18.5 Å². The summed E-state index contributed by atoms with van der Waals surface area (Å²) in [5, 5.41) is 14.1. The van der Waals surface area contributed by atoms with Crippen LogP contribution in [0.3, 0.4) is 0 Å². The van der Waals surface area contributed by atoms with Crippen molar-refractivity contribution >= 4 is 0 Å². The molecule has 0 radical (unpaired) electrons. The molecule has 1 N–H and O–H groups in total. The highest BCUT2D eigenvalue weighted by Gasteiger charge is 2.25. The first kappa shape index (κ1) is 12.3. The number of nitrogens with zero attached hydrogens (tertiary/aromatic N) is 4. The van der Waals surface area contributed by atoms with Crippen LogP contribution in [0.15, 0.2) is 17.0 Å². The molecular weight excluding hydrogens is 244 g/mol. The Morgan fingerprint density at radius 1 is 1.47 bits per heavy atom. The highest BCUT2D eigenvalue weighted by atomic mass is 16.5. The Hall–Kier alpha value is -1.69. The minimum Gasteiger partial charge on any atom is -0.392 e. The van der Waals surface area contributed by atoms with Crippen molar-refractivity contribution in [1.82, 2.24) is 19.7 Å². The van der Waals surface area contributed by atoms with E-state index < -0.39 is 0 Å². The number of aliphatic hydroxyl groups excluding tert-OH is 1. The Morgan fingerprint density at radius 2 is 2.26 bits per heavy atom. The molecule has 2 aromatic heterocycles. The second-order valence-corrected chi connectivity index (χ2v) is 5.22. The van der Waals surface area contributed by atoms with E-state index in [1.54, 1.807) is 12.5 Å². The van der Waals surface area contributed by atoms with Crippen molar-refractivity contribution < 1.29 is 9.63 Å². The molecule has 1 unspecified atom stereocenters. The first-order valence-corrected chi connectivity index (χ1v) is 6.71. The van der Waals surface area contributed by atoms with E-state index >= 15 is 0 Å². The molecule has 0 aliphatic heterocycles. The fraction of sp³-hybridized carbons (Fsp3) is 0.615. The lowest BCUT2D eigenvalue weighted by Gasteiger charge is -2.14. The van der Waals surface area contributed by atoms with Gasteiger partial charge in [-0.1, -0.05) is 18.0 Å². The lowest BCUT2D eigenvalue weighted by Crippen LogP contribution is -2.20. The van der Waals surface area contributed by atoms with Gasteiger partial charge in [-0.25, -0.2) is 4.98 Å². The molecule has 2 heterocycles. The first-order chi connectivity index (χ1) is 9.24. The maximum atomic E-state index is 10.2. The van der Waals surface area contributed by atoms with Crippen molar-refractivity contribution in [2.45, 2.75) is 38.2 Å². The zero-order valence-electron chi connectivity index (χ0n) is 11.0. The number of imidazole rings is 1. The van der Waals surface area contributed by atoms with Gasteiger partial charge in [-0.05, 0) is 18.8 Å². The van der Waals surface area contributed by atoms with E-state index in [9.17, 15) is 5.11 Å². The van der Waals surface area contributed by atoms with Gasteiger partial charge in [-0.2, -0.15) is 4.98 Å². The molecule has 6 nitrogen and oxygen atoms in total. The molecule has 0 amide bonds. The van der Waals surface area contributed by atoms with Crippen molar-refractivity contribution in [3.05, 3.63) is 18.4 Å². The van der Waals surface area contributed by atoms with Crippen LogP contribution in [0.2, 0.25) is 0 Å². The minimum atomic E-state index is -0.373. The van der Waals surface area contributed by atoms with Gasteiger partial charge in [0, 0.05) is 7.05 Å². The average Bonchev–Trinajstić information content (AvgIpc) is 3.08. The molecule has 2 aromatic rings. The standard InChI is InChI=1S/C13H18N4O2/c1-17-8-14-7-10(17)13-15-12(19-16-13)6-11(18)9-4-2-3-5-9/h7-9,11,18H,2-6H2,1H3. The Balaban J connectivity index is 1.69. The molecule has 3 rings (SSSR count). The number of hydrogen-bond acceptors (Lipinski definition) is 5. The second kappa shape index (κ2) is 5.13. The zero-order valence-corrected chi connectivity index (χ0v) is 11.0. The molecule has 102 valence electrons. The molecule has 0 aromatic carbocycles. The molecule has 0 bridgehead atoms. The van der Waals surface area contributed by atoms with Gasteiger partial charge < -0.3 is 14.2 Å². The summed E-state index contributed by atoms with van der Waals surface area (Å²) in [6, 6.07) is 0. The normalized spacial score (nSPS) is 18.0. The molecule has 1 atom stereocenters. The summed E-state index contributed by atoms with van der Waals surface area (Å²) in [6.45, 7) is 0. The maximum absolute atomic E-state index is 10.2. The van der Waals surface area contributed by atoms with Crippen molar-refractivity contribution in [1.29, 1.82) is 0 Å². The summed E-state index contributed by atoms with van der Waals surface area (Å²) >= 11 is 0. The van der Waals surface area contributed by atoms with Crippen LogP contribution in [0.25, 0.3) is 11.5 Å². The molecule has 19 heavy (non-hydrogen) atoms. The Bertz CT molecular complexity index is 542. The minimum absolute atomic E-state index is 0.373. The fourth-order valence-corrected chi connectivity index (χ4v) is 2.70. The van der Waals surface area contributed by atoms with E-state index in [1.807, 2.05) is 11.6 Å². The predicted octanol–water partition coefficient (Wildman–Crippen LogP) is 1.56. The molecular formula is C13H18N4O2. The largest absolute Gasteiger partial charge is 0.392 e. The van der Waals surface area contributed by atoms with Crippen LogP contribution in [-0.4, -0.2) is 30.9 Å². The second-order valence-electron chi connectivity index (χ2n) is 5.22. The van der Waals surface area contributed by atoms with Gasteiger partial charge in [0.1, 0.15) is 5.69 Å². The van der Waals surface area contributed by atoms with E-state index in [2.05, 4.69) is 15.1 Å². The quantitative estimate of drug-likeness (QED) is 0.904. The van der Waals surface area contributed by atoms with E-state index in [0.29, 0.717) is 24.1 Å². The molecule has 1 aliphatic carbocycles. The van der Waals surface area contributed by atoms with Crippen molar-refractivity contribution in [2.24, 2.45) is 13.0 Å². The summed E-state index contributed by atoms with van der Waals surface area (Å²) in [5.74, 6) is 1.40. The van der Waals surface area contributed by atoms with Crippen molar-refractivity contribution in [3.63, 3.8) is 0 Å². The van der Waals surface area contributed by atoms with Gasteiger partial charge >= 0.3 is 0 Å². The Labute approximate surface area is 111 Å². The van der Waals surface area contributed by atoms with Crippen LogP contribution in [0.5, 0.6) is 0 Å². The SMILES string of the molecule is Cn1cncc1-c1noc(CC(O)C2CCCC2)n1. The van der Waals surface area contributed by atoms with Gasteiger partial charge in [0.25, 0.3) is 0 Å². The third-order valence-corrected chi connectivity index (χ3v) is 3.84. The number of aromatic nitrogens is 4. The summed E-state index contributed by atoms with van der Waals surface area (Å²) in [6.07, 6.45) is 8.09. The molecule has 0 spiro atoms. The van der Waals surface area contributed by atoms with Crippen LogP contribution in [-0.2, 0) is 13.5 Å². The van der Waals surface area contributed by atoms with E-state index in [4.69, 9.17) is 4.52 Å². The predicted molar refractivity (Wildman–Crippen MR) is 68.2 cm³/mol. The van der Waals surface area contributed by atoms with Gasteiger partial charge in [0.05, 0.1) is 25.0 Å². The molecule has 0 saturated heterocycles. The third kappa shape index (κ3) is 2.53. The maximum Gasteiger partial charge on any atom is 0.229 e. The lowest BCUT2D eigenvalue weighted by atomic mass is 9.98. The highest BCUT2D eigenvalue weighted by molar-refractivity contribution is 5.46. The Kier molecular flexibility index (Phi) is 3.33. The van der Waals surface area contributed by atoms with Crippen molar-refractivity contribution in [2.75, 3.05) is 0 Å². The van der Waals surface area contributed by atoms with Crippen LogP contribution in [0, 0.1) is 5.92 Å². The molecule has 1 aliphatic rings. The summed E-state index contributed by atoms with van der Waals surface area (Å²) in [5.41, 5.74) is 0.811. The van der Waals surface area contributed by atoms with Crippen LogP contribution in [0.1, 0.15) is 31.6 Å². The molecule has 1 fully saturated rings. The number of hydrogen-bond donors (Lipinski definition) is 1.